The number of carbonyl (C=O) groups excluding carboxylic acids is 1. The van der Waals surface area contributed by atoms with Gasteiger partial charge in [-0.15, -0.1) is 0 Å². The number of carbonyl (C=O) groups is 1. The van der Waals surface area contributed by atoms with E-state index >= 15 is 0 Å². The largest absolute Gasteiger partial charge is 0.299 e. The van der Waals surface area contributed by atoms with E-state index in [1.165, 1.54) is 42.4 Å². The highest BCUT2D eigenvalue weighted by Crippen LogP contribution is 2.61. The van der Waals surface area contributed by atoms with E-state index in [9.17, 15) is 4.79 Å². The van der Waals surface area contributed by atoms with Gasteiger partial charge in [0, 0.05) is 12.3 Å². The number of ketones is 1. The van der Waals surface area contributed by atoms with Crippen LogP contribution in [0.4, 0.5) is 0 Å². The van der Waals surface area contributed by atoms with E-state index in [2.05, 4.69) is 39.0 Å². The molecule has 3 aliphatic rings. The van der Waals surface area contributed by atoms with Gasteiger partial charge in [0.25, 0.3) is 0 Å². The predicted octanol–water partition coefficient (Wildman–Crippen LogP) is 4.67. The van der Waals surface area contributed by atoms with Gasteiger partial charge in [-0.1, -0.05) is 37.6 Å². The van der Waals surface area contributed by atoms with Crippen molar-refractivity contribution in [3.63, 3.8) is 0 Å². The van der Waals surface area contributed by atoms with Crippen molar-refractivity contribution in [2.75, 3.05) is 0 Å². The Morgan fingerprint density at radius 3 is 2.81 bits per heavy atom. The van der Waals surface area contributed by atoms with Crippen LogP contribution in [-0.4, -0.2) is 5.78 Å². The molecule has 2 saturated carbocycles. The molecular weight excluding hydrogens is 256 g/mol. The summed E-state index contributed by atoms with van der Waals surface area (Å²) in [4.78, 5) is 13.0. The first kappa shape index (κ1) is 13.5. The third kappa shape index (κ3) is 1.79. The third-order valence-corrected chi connectivity index (χ3v) is 7.11. The van der Waals surface area contributed by atoms with Gasteiger partial charge in [0.15, 0.2) is 0 Å². The fourth-order valence-electron chi connectivity index (χ4n) is 5.77. The minimum atomic E-state index is 0.206. The molecule has 1 heteroatoms. The molecule has 4 rings (SSSR count). The van der Waals surface area contributed by atoms with Crippen molar-refractivity contribution in [3.8, 4) is 0 Å². The molecule has 21 heavy (non-hydrogen) atoms. The maximum Gasteiger partial charge on any atom is 0.141 e. The van der Waals surface area contributed by atoms with Crippen LogP contribution in [0.25, 0.3) is 0 Å². The fraction of sp³-hybridized carbons (Fsp3) is 0.650. The van der Waals surface area contributed by atoms with Crippen molar-refractivity contribution in [3.05, 3.63) is 34.9 Å². The Balaban J connectivity index is 1.78. The summed E-state index contributed by atoms with van der Waals surface area (Å²) in [5.74, 6) is 2.82. The molecule has 0 spiro atoms. The molecule has 0 N–H and O–H groups in total. The first-order valence-corrected chi connectivity index (χ1v) is 8.63. The van der Waals surface area contributed by atoms with Gasteiger partial charge in [-0.2, -0.15) is 0 Å². The van der Waals surface area contributed by atoms with E-state index < -0.39 is 0 Å². The molecule has 1 aromatic carbocycles. The highest BCUT2D eigenvalue weighted by atomic mass is 16.1. The molecule has 3 unspecified atom stereocenters. The topological polar surface area (TPSA) is 17.1 Å². The van der Waals surface area contributed by atoms with Gasteiger partial charge in [-0.3, -0.25) is 4.79 Å². The number of fused-ring (bicyclic) bond motifs is 5. The summed E-state index contributed by atoms with van der Waals surface area (Å²) in [6.07, 6.45) is 5.87. The van der Waals surface area contributed by atoms with Crippen LogP contribution in [0.2, 0.25) is 0 Å². The maximum absolute atomic E-state index is 13.0. The summed E-state index contributed by atoms with van der Waals surface area (Å²) >= 11 is 0. The Morgan fingerprint density at radius 2 is 2.00 bits per heavy atom. The van der Waals surface area contributed by atoms with Crippen LogP contribution < -0.4 is 0 Å². The van der Waals surface area contributed by atoms with Crippen LogP contribution in [0.5, 0.6) is 0 Å². The van der Waals surface area contributed by atoms with Crippen molar-refractivity contribution in [1.29, 1.82) is 0 Å². The second-order valence-electron chi connectivity index (χ2n) is 8.12. The lowest BCUT2D eigenvalue weighted by atomic mass is 9.54. The lowest BCUT2D eigenvalue weighted by Gasteiger charge is -2.49. The van der Waals surface area contributed by atoms with E-state index in [4.69, 9.17) is 0 Å². The van der Waals surface area contributed by atoms with Crippen LogP contribution in [0.1, 0.15) is 62.1 Å². The lowest BCUT2D eigenvalue weighted by molar-refractivity contribution is -0.131. The molecule has 0 aromatic heterocycles. The summed E-state index contributed by atoms with van der Waals surface area (Å²) in [7, 11) is 0. The molecule has 1 nitrogen and oxygen atoms in total. The van der Waals surface area contributed by atoms with Crippen molar-refractivity contribution in [2.45, 2.75) is 58.8 Å². The Kier molecular flexibility index (Phi) is 2.87. The van der Waals surface area contributed by atoms with Crippen LogP contribution in [-0.2, 0) is 11.2 Å². The minimum Gasteiger partial charge on any atom is -0.299 e. The van der Waals surface area contributed by atoms with Crippen LogP contribution in [0.15, 0.2) is 18.2 Å². The molecule has 1 aromatic rings. The van der Waals surface area contributed by atoms with Gasteiger partial charge in [0.05, 0.1) is 0 Å². The molecule has 0 amide bonds. The van der Waals surface area contributed by atoms with Crippen molar-refractivity contribution in [2.24, 2.45) is 23.2 Å². The molecule has 0 bridgehead atoms. The Hall–Kier alpha value is -1.11. The van der Waals surface area contributed by atoms with Gasteiger partial charge < -0.3 is 0 Å². The number of rotatable bonds is 0. The van der Waals surface area contributed by atoms with Gasteiger partial charge in [0.1, 0.15) is 5.78 Å². The Labute approximate surface area is 128 Å². The van der Waals surface area contributed by atoms with Crippen molar-refractivity contribution < 1.29 is 4.79 Å². The highest BCUT2D eigenvalue weighted by molar-refractivity contribution is 5.88. The standard InChI is InChI=1S/C20H26O/c1-12-4-7-15-14(10-12)6-8-16-17-9-5-13(2)20(17,3)11-18(21)19(15)16/h4,7,10,13,16-17,19H,5-6,8-9,11H2,1-3H3/t13-,16?,17?,19?,20+/m0/s1. The summed E-state index contributed by atoms with van der Waals surface area (Å²) in [5, 5.41) is 0. The minimum absolute atomic E-state index is 0.206. The molecule has 0 aliphatic heterocycles. The summed E-state index contributed by atoms with van der Waals surface area (Å²) < 4.78 is 0. The quantitative estimate of drug-likeness (QED) is 0.676. The van der Waals surface area contributed by atoms with Gasteiger partial charge >= 0.3 is 0 Å². The number of aryl methyl sites for hydroxylation is 2. The average molecular weight is 282 g/mol. The molecular formula is C20H26O. The van der Waals surface area contributed by atoms with Gasteiger partial charge in [-0.25, -0.2) is 0 Å². The van der Waals surface area contributed by atoms with Crippen LogP contribution in [0.3, 0.4) is 0 Å². The molecule has 2 fully saturated rings. The molecule has 112 valence electrons. The predicted molar refractivity (Wildman–Crippen MR) is 85.4 cm³/mol. The van der Waals surface area contributed by atoms with E-state index in [0.717, 1.165) is 12.3 Å². The fourth-order valence-corrected chi connectivity index (χ4v) is 5.77. The van der Waals surface area contributed by atoms with E-state index in [-0.39, 0.29) is 11.3 Å². The summed E-state index contributed by atoms with van der Waals surface area (Å²) in [5.41, 5.74) is 4.41. The van der Waals surface area contributed by atoms with E-state index in [1.807, 2.05) is 0 Å². The van der Waals surface area contributed by atoms with E-state index in [0.29, 0.717) is 17.6 Å². The smallest absolute Gasteiger partial charge is 0.141 e. The number of hydrogen-bond donors (Lipinski definition) is 0. The normalized spacial score (nSPS) is 41.4. The zero-order chi connectivity index (χ0) is 14.8. The van der Waals surface area contributed by atoms with Gasteiger partial charge in [-0.05, 0) is 66.9 Å². The zero-order valence-electron chi connectivity index (χ0n) is 13.5. The van der Waals surface area contributed by atoms with Gasteiger partial charge in [0.2, 0.25) is 0 Å². The molecule has 0 heterocycles. The Morgan fingerprint density at radius 1 is 1.19 bits per heavy atom. The summed E-state index contributed by atoms with van der Waals surface area (Å²) in [6, 6.07) is 6.75. The van der Waals surface area contributed by atoms with Crippen molar-refractivity contribution >= 4 is 5.78 Å². The first-order valence-electron chi connectivity index (χ1n) is 8.63. The number of benzene rings is 1. The monoisotopic (exact) mass is 282 g/mol. The van der Waals surface area contributed by atoms with Crippen LogP contribution in [0, 0.1) is 30.1 Å². The molecule has 3 aliphatic carbocycles. The highest BCUT2D eigenvalue weighted by Gasteiger charge is 2.56. The molecule has 0 radical (unpaired) electrons. The molecule has 0 saturated heterocycles. The zero-order valence-corrected chi connectivity index (χ0v) is 13.5. The van der Waals surface area contributed by atoms with E-state index in [1.54, 1.807) is 0 Å². The van der Waals surface area contributed by atoms with Crippen LogP contribution >= 0.6 is 0 Å². The molecule has 5 atom stereocenters. The second-order valence-corrected chi connectivity index (χ2v) is 8.12. The SMILES string of the molecule is Cc1ccc2c(c1)CCC1C2C(=O)C[C@@]2(C)C1CC[C@@H]2C. The number of Topliss-reactive ketones (excluding diaryl/α,β-unsaturated/α-hetero) is 1. The third-order valence-electron chi connectivity index (χ3n) is 7.11. The Bertz CT molecular complexity index is 602. The second kappa shape index (κ2) is 4.44. The average Bonchev–Trinajstić information content (AvgIpc) is 2.74. The lowest BCUT2D eigenvalue weighted by Crippen LogP contribution is -2.46. The summed E-state index contributed by atoms with van der Waals surface area (Å²) in [6.45, 7) is 6.92. The maximum atomic E-state index is 13.0. The van der Waals surface area contributed by atoms with Crippen molar-refractivity contribution in [1.82, 2.24) is 0 Å². The number of hydrogen-bond acceptors (Lipinski definition) is 1. The first-order chi connectivity index (χ1) is 10.0.